The van der Waals surface area contributed by atoms with Gasteiger partial charge in [-0.2, -0.15) is 0 Å². The fraction of sp³-hybridized carbons (Fsp3) is 0.375. The number of thiazole rings is 1. The van der Waals surface area contributed by atoms with Crippen molar-refractivity contribution < 1.29 is 4.79 Å². The highest BCUT2D eigenvalue weighted by Crippen LogP contribution is 2.20. The molecule has 1 aliphatic rings. The summed E-state index contributed by atoms with van der Waals surface area (Å²) in [6.45, 7) is 3.36. The largest absolute Gasteiger partial charge is 0.345 e. The Balaban J connectivity index is 1.40. The molecule has 0 N–H and O–H groups in total. The summed E-state index contributed by atoms with van der Waals surface area (Å²) in [5, 5.41) is 3.06. The van der Waals surface area contributed by atoms with E-state index in [0.717, 1.165) is 37.1 Å². The molecular weight excluding hydrogens is 314 g/mol. The summed E-state index contributed by atoms with van der Waals surface area (Å²) in [6, 6.07) is 10.2. The van der Waals surface area contributed by atoms with Gasteiger partial charge in [0.25, 0.3) is 0 Å². The number of hydrogen-bond acceptors (Lipinski definition) is 5. The van der Waals surface area contributed by atoms with E-state index in [0.29, 0.717) is 6.42 Å². The van der Waals surface area contributed by atoms with Gasteiger partial charge in [-0.1, -0.05) is 18.2 Å². The molecule has 0 radical (unpaired) electrons. The molecule has 1 amide bonds. The Morgan fingerprint density at radius 3 is 2.64 bits per heavy atom. The van der Waals surface area contributed by atoms with Gasteiger partial charge in [0.15, 0.2) is 5.13 Å². The molecule has 2 aromatic rings. The minimum Gasteiger partial charge on any atom is -0.345 e. The van der Waals surface area contributed by atoms with Crippen molar-refractivity contribution in [1.82, 2.24) is 9.88 Å². The number of nitrogens with zero attached hydrogens (tertiary/aromatic N) is 3. The fourth-order valence-electron chi connectivity index (χ4n) is 2.45. The molecule has 1 aliphatic heterocycles. The van der Waals surface area contributed by atoms with Gasteiger partial charge in [-0.25, -0.2) is 4.98 Å². The Morgan fingerprint density at radius 2 is 1.95 bits per heavy atom. The highest BCUT2D eigenvalue weighted by molar-refractivity contribution is 7.99. The Bertz CT molecular complexity index is 581. The molecule has 1 saturated heterocycles. The van der Waals surface area contributed by atoms with Crippen LogP contribution in [0.1, 0.15) is 6.42 Å². The molecule has 1 aromatic heterocycles. The summed E-state index contributed by atoms with van der Waals surface area (Å²) in [5.41, 5.74) is 0. The number of benzene rings is 1. The molecule has 22 heavy (non-hydrogen) atoms. The highest BCUT2D eigenvalue weighted by Gasteiger charge is 2.21. The van der Waals surface area contributed by atoms with E-state index >= 15 is 0 Å². The van der Waals surface area contributed by atoms with Crippen LogP contribution in [0.15, 0.2) is 46.8 Å². The summed E-state index contributed by atoms with van der Waals surface area (Å²) >= 11 is 3.40. The van der Waals surface area contributed by atoms with E-state index in [4.69, 9.17) is 0 Å². The molecule has 0 spiro atoms. The van der Waals surface area contributed by atoms with Crippen LogP contribution in [-0.4, -0.2) is 47.7 Å². The normalized spacial score (nSPS) is 15.1. The number of anilines is 1. The zero-order chi connectivity index (χ0) is 15.2. The van der Waals surface area contributed by atoms with Crippen molar-refractivity contribution in [2.75, 3.05) is 36.8 Å². The molecule has 3 rings (SSSR count). The Morgan fingerprint density at radius 1 is 1.18 bits per heavy atom. The summed E-state index contributed by atoms with van der Waals surface area (Å²) in [5.74, 6) is 1.11. The minimum atomic E-state index is 0.266. The molecule has 6 heteroatoms. The second-order valence-electron chi connectivity index (χ2n) is 5.09. The van der Waals surface area contributed by atoms with Crippen LogP contribution in [0.4, 0.5) is 5.13 Å². The van der Waals surface area contributed by atoms with E-state index in [2.05, 4.69) is 22.0 Å². The van der Waals surface area contributed by atoms with E-state index in [1.54, 1.807) is 23.1 Å². The third-order valence-electron chi connectivity index (χ3n) is 3.65. The third kappa shape index (κ3) is 4.01. The van der Waals surface area contributed by atoms with E-state index < -0.39 is 0 Å². The second kappa shape index (κ2) is 7.65. The van der Waals surface area contributed by atoms with Crippen molar-refractivity contribution in [3.63, 3.8) is 0 Å². The van der Waals surface area contributed by atoms with Gasteiger partial charge >= 0.3 is 0 Å². The number of piperazine rings is 1. The van der Waals surface area contributed by atoms with Crippen LogP contribution >= 0.6 is 23.1 Å². The van der Waals surface area contributed by atoms with Crippen molar-refractivity contribution in [2.24, 2.45) is 0 Å². The molecule has 0 bridgehead atoms. The van der Waals surface area contributed by atoms with Gasteiger partial charge in [0, 0.05) is 54.8 Å². The number of hydrogen-bond donors (Lipinski definition) is 0. The van der Waals surface area contributed by atoms with E-state index in [1.165, 1.54) is 4.90 Å². The third-order valence-corrected chi connectivity index (χ3v) is 5.50. The summed E-state index contributed by atoms with van der Waals surface area (Å²) < 4.78 is 0. The van der Waals surface area contributed by atoms with Crippen LogP contribution in [0.25, 0.3) is 0 Å². The van der Waals surface area contributed by atoms with Crippen molar-refractivity contribution in [3.05, 3.63) is 41.9 Å². The maximum Gasteiger partial charge on any atom is 0.223 e. The van der Waals surface area contributed by atoms with E-state index in [1.807, 2.05) is 34.7 Å². The molecule has 2 heterocycles. The quantitative estimate of drug-likeness (QED) is 0.788. The number of amides is 1. The summed E-state index contributed by atoms with van der Waals surface area (Å²) in [4.78, 5) is 22.1. The average Bonchev–Trinajstić information content (AvgIpc) is 3.10. The smallest absolute Gasteiger partial charge is 0.223 e. The van der Waals surface area contributed by atoms with E-state index in [-0.39, 0.29) is 5.91 Å². The molecule has 0 atom stereocenters. The first kappa shape index (κ1) is 15.4. The van der Waals surface area contributed by atoms with Crippen LogP contribution in [0.2, 0.25) is 0 Å². The monoisotopic (exact) mass is 333 g/mol. The first-order valence-electron chi connectivity index (χ1n) is 7.43. The van der Waals surface area contributed by atoms with Crippen LogP contribution in [0.3, 0.4) is 0 Å². The van der Waals surface area contributed by atoms with E-state index in [9.17, 15) is 4.79 Å². The molecule has 0 saturated carbocycles. The standard InChI is InChI=1S/C16H19N3OS2/c20-15(6-12-21-14-4-2-1-3-5-14)18-8-10-19(11-9-18)16-17-7-13-22-16/h1-5,7,13H,6,8-12H2. The molecule has 0 unspecified atom stereocenters. The van der Waals surface area contributed by atoms with Crippen LogP contribution in [0, 0.1) is 0 Å². The van der Waals surface area contributed by atoms with Crippen molar-refractivity contribution in [2.45, 2.75) is 11.3 Å². The minimum absolute atomic E-state index is 0.266. The fourth-order valence-corrected chi connectivity index (χ4v) is 4.01. The predicted molar refractivity (Wildman–Crippen MR) is 92.7 cm³/mol. The average molecular weight is 333 g/mol. The van der Waals surface area contributed by atoms with Crippen LogP contribution in [0.5, 0.6) is 0 Å². The van der Waals surface area contributed by atoms with Gasteiger partial charge in [0.1, 0.15) is 0 Å². The molecule has 1 aromatic carbocycles. The highest BCUT2D eigenvalue weighted by atomic mass is 32.2. The van der Waals surface area contributed by atoms with Gasteiger partial charge < -0.3 is 9.80 Å². The van der Waals surface area contributed by atoms with Gasteiger partial charge in [-0.15, -0.1) is 23.1 Å². The van der Waals surface area contributed by atoms with Crippen molar-refractivity contribution in [1.29, 1.82) is 0 Å². The first-order valence-corrected chi connectivity index (χ1v) is 9.29. The number of aromatic nitrogens is 1. The van der Waals surface area contributed by atoms with Gasteiger partial charge in [0.05, 0.1) is 0 Å². The lowest BCUT2D eigenvalue weighted by molar-refractivity contribution is -0.131. The molecule has 1 fully saturated rings. The number of carbonyl (C=O) groups is 1. The SMILES string of the molecule is O=C(CCSc1ccccc1)N1CCN(c2nccs2)CC1. The van der Waals surface area contributed by atoms with Crippen LogP contribution < -0.4 is 4.90 Å². The maximum atomic E-state index is 12.3. The zero-order valence-corrected chi connectivity index (χ0v) is 14.0. The maximum absolute atomic E-state index is 12.3. The van der Waals surface area contributed by atoms with Crippen molar-refractivity contribution in [3.8, 4) is 0 Å². The van der Waals surface area contributed by atoms with Crippen molar-refractivity contribution >= 4 is 34.1 Å². The van der Waals surface area contributed by atoms with Crippen LogP contribution in [-0.2, 0) is 4.79 Å². The molecule has 0 aliphatic carbocycles. The molecule has 4 nitrogen and oxygen atoms in total. The second-order valence-corrected chi connectivity index (χ2v) is 7.14. The number of carbonyl (C=O) groups excluding carboxylic acids is 1. The lowest BCUT2D eigenvalue weighted by Crippen LogP contribution is -2.48. The first-order chi connectivity index (χ1) is 10.8. The Kier molecular flexibility index (Phi) is 5.34. The zero-order valence-electron chi connectivity index (χ0n) is 12.4. The molecule has 116 valence electrons. The number of rotatable bonds is 5. The molecular formula is C16H19N3OS2. The Labute approximate surface area is 139 Å². The summed E-state index contributed by atoms with van der Waals surface area (Å²) in [6.07, 6.45) is 2.44. The topological polar surface area (TPSA) is 36.4 Å². The van der Waals surface area contributed by atoms with Gasteiger partial charge in [-0.05, 0) is 12.1 Å². The Hall–Kier alpha value is -1.53. The predicted octanol–water partition coefficient (Wildman–Crippen LogP) is 2.97. The lowest BCUT2D eigenvalue weighted by atomic mass is 10.3. The number of thioether (sulfide) groups is 1. The van der Waals surface area contributed by atoms with Gasteiger partial charge in [-0.3, -0.25) is 4.79 Å². The lowest BCUT2D eigenvalue weighted by Gasteiger charge is -2.34. The summed E-state index contributed by atoms with van der Waals surface area (Å²) in [7, 11) is 0. The van der Waals surface area contributed by atoms with Gasteiger partial charge in [0.2, 0.25) is 5.91 Å².